The van der Waals surface area contributed by atoms with Crippen molar-refractivity contribution in [2.75, 3.05) is 6.54 Å². The minimum Gasteiger partial charge on any atom is -0.481 e. The second kappa shape index (κ2) is 6.59. The Labute approximate surface area is 143 Å². The van der Waals surface area contributed by atoms with Gasteiger partial charge in [0.25, 0.3) is 0 Å². The maximum atomic E-state index is 13.7. The van der Waals surface area contributed by atoms with Crippen LogP contribution < -0.4 is 5.32 Å². The topological polar surface area (TPSA) is 49.3 Å². The lowest BCUT2D eigenvalue weighted by molar-refractivity contribution is -0.143. The Hall–Kier alpha value is -1.63. The van der Waals surface area contributed by atoms with Gasteiger partial charge in [-0.3, -0.25) is 4.79 Å². The number of rotatable bonds is 5. The summed E-state index contributed by atoms with van der Waals surface area (Å²) in [5.74, 6) is -1.93. The number of carboxylic acid groups (broad SMARTS) is 1. The summed E-state index contributed by atoms with van der Waals surface area (Å²) in [6, 6.07) is 2.95. The van der Waals surface area contributed by atoms with E-state index in [1.165, 1.54) is 6.07 Å². The van der Waals surface area contributed by atoms with Gasteiger partial charge in [-0.05, 0) is 62.3 Å². The molecule has 2 saturated carbocycles. The molecule has 1 aromatic rings. The summed E-state index contributed by atoms with van der Waals surface area (Å²) in [6.45, 7) is 0.496. The van der Waals surface area contributed by atoms with Crippen LogP contribution in [0.25, 0.3) is 0 Å². The number of halogens is 4. The molecule has 2 N–H and O–H groups in total. The zero-order valence-electron chi connectivity index (χ0n) is 13.7. The van der Waals surface area contributed by atoms with Gasteiger partial charge in [0.15, 0.2) is 0 Å². The molecule has 0 aliphatic heterocycles. The molecule has 0 bridgehead atoms. The molecule has 0 heterocycles. The largest absolute Gasteiger partial charge is 0.481 e. The third kappa shape index (κ3) is 4.14. The fourth-order valence-electron chi connectivity index (χ4n) is 3.66. The molecule has 2 aliphatic carbocycles. The van der Waals surface area contributed by atoms with Gasteiger partial charge in [0, 0.05) is 18.0 Å². The number of benzene rings is 1. The van der Waals surface area contributed by atoms with Crippen molar-refractivity contribution in [1.82, 2.24) is 5.32 Å². The van der Waals surface area contributed by atoms with E-state index in [0.717, 1.165) is 31.7 Å². The summed E-state index contributed by atoms with van der Waals surface area (Å²) in [5.41, 5.74) is -0.992. The molecule has 1 aromatic carbocycles. The van der Waals surface area contributed by atoms with E-state index < -0.39 is 28.9 Å². The number of carbonyl (C=O) groups is 1. The second-order valence-electron chi connectivity index (χ2n) is 7.27. The van der Waals surface area contributed by atoms with E-state index in [9.17, 15) is 22.4 Å². The van der Waals surface area contributed by atoms with Crippen LogP contribution in [0.5, 0.6) is 0 Å². The molecule has 3 nitrogen and oxygen atoms in total. The SMILES string of the molecule is O=C(O)C1CCC(NCC2(c3cc(F)cc(C(F)(F)F)c3)CC2)CC1. The first kappa shape index (κ1) is 18.2. The van der Waals surface area contributed by atoms with Crippen molar-refractivity contribution in [1.29, 1.82) is 0 Å². The summed E-state index contributed by atoms with van der Waals surface area (Å²) in [7, 11) is 0. The summed E-state index contributed by atoms with van der Waals surface area (Å²) < 4.78 is 52.4. The van der Waals surface area contributed by atoms with Crippen LogP contribution in [0.1, 0.15) is 49.7 Å². The first-order chi connectivity index (χ1) is 11.7. The van der Waals surface area contributed by atoms with Crippen LogP contribution >= 0.6 is 0 Å². The molecular formula is C18H21F4NO2. The molecule has 0 saturated heterocycles. The summed E-state index contributed by atoms with van der Waals surface area (Å²) in [5, 5.41) is 12.4. The highest BCUT2D eigenvalue weighted by atomic mass is 19.4. The van der Waals surface area contributed by atoms with Gasteiger partial charge in [-0.15, -0.1) is 0 Å². The summed E-state index contributed by atoms with van der Waals surface area (Å²) in [6.07, 6.45) is -0.406. The van der Waals surface area contributed by atoms with E-state index in [4.69, 9.17) is 5.11 Å². The molecule has 2 aliphatic rings. The van der Waals surface area contributed by atoms with E-state index in [1.54, 1.807) is 0 Å². The number of nitrogens with one attached hydrogen (secondary N) is 1. The Morgan fingerprint density at radius 2 is 1.80 bits per heavy atom. The highest BCUT2D eigenvalue weighted by molar-refractivity contribution is 5.70. The number of hydrogen-bond donors (Lipinski definition) is 2. The quantitative estimate of drug-likeness (QED) is 0.778. The molecule has 0 radical (unpaired) electrons. The third-order valence-electron chi connectivity index (χ3n) is 5.50. The molecule has 0 aromatic heterocycles. The van der Waals surface area contributed by atoms with Crippen LogP contribution in [-0.4, -0.2) is 23.7 Å². The Morgan fingerprint density at radius 3 is 2.32 bits per heavy atom. The Bertz CT molecular complexity index is 647. The Balaban J connectivity index is 1.64. The lowest BCUT2D eigenvalue weighted by Gasteiger charge is -2.29. The number of hydrogen-bond acceptors (Lipinski definition) is 2. The van der Waals surface area contributed by atoms with Gasteiger partial charge in [0.2, 0.25) is 0 Å². The lowest BCUT2D eigenvalue weighted by Crippen LogP contribution is -2.39. The highest BCUT2D eigenvalue weighted by Crippen LogP contribution is 2.49. The van der Waals surface area contributed by atoms with Crippen LogP contribution in [-0.2, 0) is 16.4 Å². The van der Waals surface area contributed by atoms with E-state index in [1.807, 2.05) is 0 Å². The molecular weight excluding hydrogens is 338 g/mol. The van der Waals surface area contributed by atoms with Crippen LogP contribution in [0.15, 0.2) is 18.2 Å². The van der Waals surface area contributed by atoms with Crippen molar-refractivity contribution in [3.63, 3.8) is 0 Å². The van der Waals surface area contributed by atoms with Crippen molar-refractivity contribution in [2.45, 2.75) is 56.2 Å². The van der Waals surface area contributed by atoms with E-state index in [2.05, 4.69) is 5.32 Å². The van der Waals surface area contributed by atoms with Crippen LogP contribution in [0.4, 0.5) is 17.6 Å². The van der Waals surface area contributed by atoms with Gasteiger partial charge in [-0.1, -0.05) is 0 Å². The minimum atomic E-state index is -4.56. The second-order valence-corrected chi connectivity index (χ2v) is 7.27. The zero-order chi connectivity index (χ0) is 18.2. The van der Waals surface area contributed by atoms with Gasteiger partial charge in [0.05, 0.1) is 11.5 Å². The molecule has 138 valence electrons. The fraction of sp³-hybridized carbons (Fsp3) is 0.611. The first-order valence-corrected chi connectivity index (χ1v) is 8.54. The van der Waals surface area contributed by atoms with Crippen molar-refractivity contribution in [3.05, 3.63) is 35.1 Å². The average Bonchev–Trinajstić information content (AvgIpc) is 3.33. The number of aliphatic carboxylic acids is 1. The molecule has 3 rings (SSSR count). The molecule has 0 amide bonds. The summed E-state index contributed by atoms with van der Waals surface area (Å²) in [4.78, 5) is 11.0. The van der Waals surface area contributed by atoms with Gasteiger partial charge >= 0.3 is 12.1 Å². The monoisotopic (exact) mass is 359 g/mol. The highest BCUT2D eigenvalue weighted by Gasteiger charge is 2.46. The maximum Gasteiger partial charge on any atom is 0.416 e. The predicted molar refractivity (Wildman–Crippen MR) is 83.7 cm³/mol. The molecule has 0 atom stereocenters. The van der Waals surface area contributed by atoms with Crippen molar-refractivity contribution < 1.29 is 27.5 Å². The van der Waals surface area contributed by atoms with Gasteiger partial charge < -0.3 is 10.4 Å². The Morgan fingerprint density at radius 1 is 1.16 bits per heavy atom. The maximum absolute atomic E-state index is 13.7. The molecule has 2 fully saturated rings. The standard InChI is InChI=1S/C18H21F4NO2/c19-14-8-12(7-13(9-14)18(20,21)22)17(5-6-17)10-23-15-3-1-11(2-4-15)16(24)25/h7-9,11,15,23H,1-6,10H2,(H,24,25). The average molecular weight is 359 g/mol. The van der Waals surface area contributed by atoms with Gasteiger partial charge in [0.1, 0.15) is 5.82 Å². The predicted octanol–water partition coefficient (Wildman–Crippen LogP) is 4.11. The summed E-state index contributed by atoms with van der Waals surface area (Å²) >= 11 is 0. The molecule has 0 unspecified atom stereocenters. The Kier molecular flexibility index (Phi) is 4.79. The number of alkyl halides is 3. The fourth-order valence-corrected chi connectivity index (χ4v) is 3.66. The number of carboxylic acids is 1. The van der Waals surface area contributed by atoms with E-state index in [0.29, 0.717) is 31.0 Å². The van der Waals surface area contributed by atoms with Crippen molar-refractivity contribution >= 4 is 5.97 Å². The van der Waals surface area contributed by atoms with Gasteiger partial charge in [-0.2, -0.15) is 13.2 Å². The third-order valence-corrected chi connectivity index (χ3v) is 5.50. The smallest absolute Gasteiger partial charge is 0.416 e. The van der Waals surface area contributed by atoms with E-state index in [-0.39, 0.29) is 12.0 Å². The minimum absolute atomic E-state index is 0.170. The normalized spacial score (nSPS) is 25.6. The zero-order valence-corrected chi connectivity index (χ0v) is 13.7. The van der Waals surface area contributed by atoms with Crippen LogP contribution in [0.2, 0.25) is 0 Å². The molecule has 0 spiro atoms. The molecule has 7 heteroatoms. The van der Waals surface area contributed by atoms with Crippen LogP contribution in [0, 0.1) is 11.7 Å². The van der Waals surface area contributed by atoms with Gasteiger partial charge in [-0.25, -0.2) is 4.39 Å². The van der Waals surface area contributed by atoms with Crippen molar-refractivity contribution in [3.8, 4) is 0 Å². The molecule has 25 heavy (non-hydrogen) atoms. The van der Waals surface area contributed by atoms with Crippen LogP contribution in [0.3, 0.4) is 0 Å². The lowest BCUT2D eigenvalue weighted by atomic mass is 9.85. The van der Waals surface area contributed by atoms with E-state index >= 15 is 0 Å². The van der Waals surface area contributed by atoms with Crippen molar-refractivity contribution in [2.24, 2.45) is 5.92 Å². The first-order valence-electron chi connectivity index (χ1n) is 8.54.